The number of unbranched alkanes of at least 4 members (excludes halogenated alkanes) is 38. The van der Waals surface area contributed by atoms with E-state index in [0.717, 1.165) is 77.0 Å². The van der Waals surface area contributed by atoms with Gasteiger partial charge in [0.2, 0.25) is 5.91 Å². The smallest absolute Gasteiger partial charge is 0.220 e. The fraction of sp³-hybridized carbons (Fsp3) is 0.740. The number of carbonyl (C=O) groups is 1. The highest BCUT2D eigenvalue weighted by molar-refractivity contribution is 5.76. The molecule has 0 saturated heterocycles. The largest absolute Gasteiger partial charge is 0.394 e. The van der Waals surface area contributed by atoms with E-state index >= 15 is 0 Å². The van der Waals surface area contributed by atoms with Crippen molar-refractivity contribution in [2.45, 2.75) is 341 Å². The molecule has 4 heteroatoms. The lowest BCUT2D eigenvalue weighted by Gasteiger charge is -2.19. The van der Waals surface area contributed by atoms with E-state index in [1.54, 1.807) is 6.08 Å². The van der Waals surface area contributed by atoms with Crippen molar-refractivity contribution in [1.82, 2.24) is 5.32 Å². The first-order valence-corrected chi connectivity index (χ1v) is 33.6. The molecule has 444 valence electrons. The molecule has 0 aromatic rings. The maximum atomic E-state index is 12.5. The van der Waals surface area contributed by atoms with Crippen LogP contribution >= 0.6 is 0 Å². The van der Waals surface area contributed by atoms with Gasteiger partial charge in [0.1, 0.15) is 0 Å². The number of rotatable bonds is 61. The van der Waals surface area contributed by atoms with E-state index < -0.39 is 12.1 Å². The number of amides is 1. The summed E-state index contributed by atoms with van der Waals surface area (Å²) in [6, 6.07) is -0.654. The van der Waals surface area contributed by atoms with Crippen LogP contribution in [0.25, 0.3) is 0 Å². The molecule has 4 nitrogen and oxygen atoms in total. The molecule has 0 heterocycles. The van der Waals surface area contributed by atoms with Gasteiger partial charge in [-0.1, -0.05) is 335 Å². The SMILES string of the molecule is CC/C=C\C/C=C\C/C=C\C/C=C\C/C=C\C/C=C\CCCCCCCCCCCCCCCCC(=O)NC(CO)C(O)/C=C/CC/C=C/CC/C=C/CCCCCCCCCCCCCCCCCCCCCCCC. The molecule has 0 aromatic carbocycles. The molecule has 0 radical (unpaired) electrons. The van der Waals surface area contributed by atoms with E-state index in [-0.39, 0.29) is 12.5 Å². The minimum atomic E-state index is -0.879. The zero-order valence-electron chi connectivity index (χ0n) is 51.2. The topological polar surface area (TPSA) is 69.6 Å². The van der Waals surface area contributed by atoms with Gasteiger partial charge in [0.05, 0.1) is 18.8 Å². The third kappa shape index (κ3) is 63.8. The Bertz CT molecular complexity index is 1440. The molecule has 0 aliphatic carbocycles. The van der Waals surface area contributed by atoms with Crippen molar-refractivity contribution >= 4 is 5.91 Å². The molecule has 0 saturated carbocycles. The van der Waals surface area contributed by atoms with Gasteiger partial charge in [-0.15, -0.1) is 0 Å². The maximum Gasteiger partial charge on any atom is 0.220 e. The van der Waals surface area contributed by atoms with E-state index in [9.17, 15) is 15.0 Å². The predicted molar refractivity (Wildman–Crippen MR) is 345 cm³/mol. The van der Waals surface area contributed by atoms with Crippen molar-refractivity contribution in [1.29, 1.82) is 0 Å². The van der Waals surface area contributed by atoms with Crippen LogP contribution in [0.5, 0.6) is 0 Å². The van der Waals surface area contributed by atoms with Gasteiger partial charge < -0.3 is 15.5 Å². The highest BCUT2D eigenvalue weighted by Crippen LogP contribution is 2.17. The van der Waals surface area contributed by atoms with Crippen molar-refractivity contribution in [3.8, 4) is 0 Å². The molecule has 2 unspecified atom stereocenters. The molecule has 77 heavy (non-hydrogen) atoms. The van der Waals surface area contributed by atoms with Gasteiger partial charge in [0, 0.05) is 6.42 Å². The highest BCUT2D eigenvalue weighted by atomic mass is 16.3. The van der Waals surface area contributed by atoms with Crippen molar-refractivity contribution in [2.24, 2.45) is 0 Å². The second-order valence-electron chi connectivity index (χ2n) is 22.5. The molecule has 0 aromatic heterocycles. The number of aliphatic hydroxyl groups excluding tert-OH is 2. The van der Waals surface area contributed by atoms with Crippen molar-refractivity contribution in [3.63, 3.8) is 0 Å². The predicted octanol–water partition coefficient (Wildman–Crippen LogP) is 23.0. The zero-order valence-corrected chi connectivity index (χ0v) is 51.2. The molecular formula is C73H129NO3. The first kappa shape index (κ1) is 74.0. The molecule has 0 aliphatic rings. The summed E-state index contributed by atoms with van der Waals surface area (Å²) in [7, 11) is 0. The summed E-state index contributed by atoms with van der Waals surface area (Å²) in [5, 5.41) is 23.2. The van der Waals surface area contributed by atoms with Gasteiger partial charge in [-0.3, -0.25) is 4.79 Å². The summed E-state index contributed by atoms with van der Waals surface area (Å²) in [6.07, 6.45) is 102. The fourth-order valence-corrected chi connectivity index (χ4v) is 9.92. The average Bonchev–Trinajstić information content (AvgIpc) is 3.43. The number of hydrogen-bond donors (Lipinski definition) is 3. The van der Waals surface area contributed by atoms with E-state index in [4.69, 9.17) is 0 Å². The fourth-order valence-electron chi connectivity index (χ4n) is 9.92. The quantitative estimate of drug-likeness (QED) is 0.0420. The van der Waals surface area contributed by atoms with Crippen LogP contribution in [0.2, 0.25) is 0 Å². The number of hydrogen-bond acceptors (Lipinski definition) is 3. The minimum absolute atomic E-state index is 0.0793. The summed E-state index contributed by atoms with van der Waals surface area (Å²) in [5.74, 6) is -0.0793. The Morgan fingerprint density at radius 2 is 0.584 bits per heavy atom. The van der Waals surface area contributed by atoms with Crippen LogP contribution in [0.3, 0.4) is 0 Å². The molecule has 0 fully saturated rings. The normalized spacial score (nSPS) is 13.5. The van der Waals surface area contributed by atoms with Gasteiger partial charge in [-0.25, -0.2) is 0 Å². The molecule has 0 rings (SSSR count). The van der Waals surface area contributed by atoms with Crippen LogP contribution in [-0.4, -0.2) is 34.9 Å². The van der Waals surface area contributed by atoms with E-state index in [1.165, 1.54) is 231 Å². The van der Waals surface area contributed by atoms with E-state index in [0.29, 0.717) is 6.42 Å². The van der Waals surface area contributed by atoms with E-state index in [2.05, 4.69) is 116 Å². The van der Waals surface area contributed by atoms with Gasteiger partial charge in [-0.05, 0) is 96.3 Å². The second-order valence-corrected chi connectivity index (χ2v) is 22.5. The molecule has 2 atom stereocenters. The first-order chi connectivity index (χ1) is 38.2. The van der Waals surface area contributed by atoms with E-state index in [1.807, 2.05) is 6.08 Å². The summed E-state index contributed by atoms with van der Waals surface area (Å²) in [6.45, 7) is 4.20. The molecule has 0 aliphatic heterocycles. The number of aliphatic hydroxyl groups is 2. The monoisotopic (exact) mass is 1070 g/mol. The molecular weight excluding hydrogens is 939 g/mol. The number of allylic oxidation sites excluding steroid dienone is 17. The highest BCUT2D eigenvalue weighted by Gasteiger charge is 2.18. The van der Waals surface area contributed by atoms with Crippen LogP contribution in [0, 0.1) is 0 Å². The summed E-state index contributed by atoms with van der Waals surface area (Å²) in [5.41, 5.74) is 0. The van der Waals surface area contributed by atoms with Crippen LogP contribution < -0.4 is 5.32 Å². The average molecular weight is 1070 g/mol. The summed E-state index contributed by atoms with van der Waals surface area (Å²) >= 11 is 0. The van der Waals surface area contributed by atoms with Crippen molar-refractivity contribution in [2.75, 3.05) is 6.61 Å². The van der Waals surface area contributed by atoms with Gasteiger partial charge in [-0.2, -0.15) is 0 Å². The Labute approximate surface area is 480 Å². The standard InChI is InChI=1S/C73H129NO3/c1-3-5-7-9-11-13-15-17-19-21-23-25-27-29-31-33-35-37-39-41-43-45-47-49-51-53-55-57-59-61-63-65-67-69-73(77)74-71(70-75)72(76)68-66-64-62-60-58-56-54-52-50-48-46-44-42-40-38-36-34-32-30-28-26-24-22-20-18-16-14-12-10-8-6-4-2/h5,7,11,13,17,19,23,25,29,31,35,37,50,52,58,60,66,68,71-72,75-76H,3-4,6,8-10,12,14-16,18,20-22,24,26-28,30,32-34,36,38-49,51,53-57,59,61-65,67,69-70H2,1-2H3,(H,74,77)/b7-5-,13-11-,19-17-,25-23-,31-29-,37-35-,52-50+,60-58+,68-66+. The first-order valence-electron chi connectivity index (χ1n) is 33.6. The maximum absolute atomic E-state index is 12.5. The van der Waals surface area contributed by atoms with Gasteiger partial charge in [0.25, 0.3) is 0 Å². The lowest BCUT2D eigenvalue weighted by atomic mass is 10.0. The Morgan fingerprint density at radius 1 is 0.325 bits per heavy atom. The Balaban J connectivity index is 3.55. The Morgan fingerprint density at radius 3 is 0.909 bits per heavy atom. The lowest BCUT2D eigenvalue weighted by molar-refractivity contribution is -0.123. The molecule has 0 bridgehead atoms. The van der Waals surface area contributed by atoms with Crippen LogP contribution in [0.1, 0.15) is 328 Å². The van der Waals surface area contributed by atoms with Gasteiger partial charge >= 0.3 is 0 Å². The third-order valence-corrected chi connectivity index (χ3v) is 15.0. The molecule has 1 amide bonds. The van der Waals surface area contributed by atoms with Crippen LogP contribution in [0.4, 0.5) is 0 Å². The van der Waals surface area contributed by atoms with Gasteiger partial charge in [0.15, 0.2) is 0 Å². The van der Waals surface area contributed by atoms with Crippen molar-refractivity contribution < 1.29 is 15.0 Å². The number of carbonyl (C=O) groups excluding carboxylic acids is 1. The number of nitrogens with one attached hydrogen (secondary N) is 1. The lowest BCUT2D eigenvalue weighted by Crippen LogP contribution is -2.45. The minimum Gasteiger partial charge on any atom is -0.394 e. The summed E-state index contributed by atoms with van der Waals surface area (Å²) in [4.78, 5) is 12.5. The third-order valence-electron chi connectivity index (χ3n) is 15.0. The second kappa shape index (κ2) is 67.3. The van der Waals surface area contributed by atoms with Crippen LogP contribution in [0.15, 0.2) is 109 Å². The van der Waals surface area contributed by atoms with Crippen LogP contribution in [-0.2, 0) is 4.79 Å². The Kier molecular flexibility index (Phi) is 64.7. The Hall–Kier alpha value is -2.95. The van der Waals surface area contributed by atoms with Crippen molar-refractivity contribution in [3.05, 3.63) is 109 Å². The summed E-state index contributed by atoms with van der Waals surface area (Å²) < 4.78 is 0. The molecule has 3 N–H and O–H groups in total. The molecule has 0 spiro atoms. The zero-order chi connectivity index (χ0) is 55.5.